The summed E-state index contributed by atoms with van der Waals surface area (Å²) in [5, 5.41) is 7.07. The van der Waals surface area contributed by atoms with Crippen molar-refractivity contribution in [3.05, 3.63) is 70.9 Å². The molecule has 106 valence electrons. The normalized spacial score (nSPS) is 10.5. The van der Waals surface area contributed by atoms with E-state index in [1.165, 1.54) is 6.26 Å². The molecule has 0 aliphatic carbocycles. The van der Waals surface area contributed by atoms with Gasteiger partial charge in [0.05, 0.1) is 18.4 Å². The maximum Gasteiger partial charge on any atom is 0.260 e. The molecule has 5 nitrogen and oxygen atoms in total. The minimum absolute atomic E-state index is 0.219. The van der Waals surface area contributed by atoms with Crippen molar-refractivity contribution in [3.8, 4) is 0 Å². The van der Waals surface area contributed by atoms with Crippen molar-refractivity contribution in [2.75, 3.05) is 5.32 Å². The van der Waals surface area contributed by atoms with Crippen LogP contribution in [-0.4, -0.2) is 15.7 Å². The number of hydrogen-bond acceptors (Lipinski definition) is 3. The van der Waals surface area contributed by atoms with E-state index in [2.05, 4.69) is 26.3 Å². The summed E-state index contributed by atoms with van der Waals surface area (Å²) in [6, 6.07) is 11.1. The van der Waals surface area contributed by atoms with Crippen LogP contribution in [-0.2, 0) is 6.54 Å². The quantitative estimate of drug-likeness (QED) is 0.786. The molecule has 1 amide bonds. The number of rotatable bonds is 4. The lowest BCUT2D eigenvalue weighted by atomic mass is 10.1. The highest BCUT2D eigenvalue weighted by molar-refractivity contribution is 9.10. The van der Waals surface area contributed by atoms with E-state index in [0.29, 0.717) is 16.8 Å². The Kier molecular flexibility index (Phi) is 3.87. The van der Waals surface area contributed by atoms with Gasteiger partial charge in [0.15, 0.2) is 4.67 Å². The lowest BCUT2D eigenvalue weighted by molar-refractivity contribution is 0.102. The predicted molar refractivity (Wildman–Crippen MR) is 82.1 cm³/mol. The first-order chi connectivity index (χ1) is 10.2. The number of benzene rings is 1. The molecule has 0 bridgehead atoms. The van der Waals surface area contributed by atoms with Crippen LogP contribution in [0.5, 0.6) is 0 Å². The Hall–Kier alpha value is -2.34. The molecular formula is C15H12BrN3O2. The molecule has 0 saturated heterocycles. The molecule has 1 N–H and O–H groups in total. The Morgan fingerprint density at radius 2 is 2.14 bits per heavy atom. The molecule has 0 saturated carbocycles. The SMILES string of the molecule is O=C(Nc1ccccc1Cn1cccn1)c1ccoc1Br. The van der Waals surface area contributed by atoms with Gasteiger partial charge in [0, 0.05) is 18.1 Å². The Labute approximate surface area is 129 Å². The van der Waals surface area contributed by atoms with E-state index in [1.54, 1.807) is 16.9 Å². The van der Waals surface area contributed by atoms with Gasteiger partial charge in [0.25, 0.3) is 5.91 Å². The maximum atomic E-state index is 12.2. The maximum absolute atomic E-state index is 12.2. The number of furan rings is 1. The van der Waals surface area contributed by atoms with Crippen LogP contribution >= 0.6 is 15.9 Å². The van der Waals surface area contributed by atoms with Crippen LogP contribution in [0.1, 0.15) is 15.9 Å². The van der Waals surface area contributed by atoms with E-state index in [4.69, 9.17) is 4.42 Å². The van der Waals surface area contributed by atoms with Crippen LogP contribution in [0.25, 0.3) is 0 Å². The topological polar surface area (TPSA) is 60.1 Å². The fourth-order valence-corrected chi connectivity index (χ4v) is 2.41. The minimum atomic E-state index is -0.219. The zero-order chi connectivity index (χ0) is 14.7. The van der Waals surface area contributed by atoms with Gasteiger partial charge >= 0.3 is 0 Å². The summed E-state index contributed by atoms with van der Waals surface area (Å²) in [5.74, 6) is -0.219. The first-order valence-electron chi connectivity index (χ1n) is 6.34. The number of halogens is 1. The highest BCUT2D eigenvalue weighted by Gasteiger charge is 2.14. The molecule has 2 heterocycles. The summed E-state index contributed by atoms with van der Waals surface area (Å²) in [7, 11) is 0. The van der Waals surface area contributed by atoms with Crippen LogP contribution in [0.15, 0.2) is 64.1 Å². The van der Waals surface area contributed by atoms with Gasteiger partial charge in [-0.15, -0.1) is 0 Å². The molecule has 2 aromatic heterocycles. The lowest BCUT2D eigenvalue weighted by Crippen LogP contribution is -2.14. The average Bonchev–Trinajstić information content (AvgIpc) is 3.12. The second-order valence-corrected chi connectivity index (χ2v) is 5.14. The fraction of sp³-hybridized carbons (Fsp3) is 0.0667. The number of para-hydroxylation sites is 1. The molecule has 0 unspecified atom stereocenters. The molecule has 0 radical (unpaired) electrons. The summed E-state index contributed by atoms with van der Waals surface area (Å²) in [4.78, 5) is 12.2. The average molecular weight is 346 g/mol. The van der Waals surface area contributed by atoms with Gasteiger partial charge in [0.2, 0.25) is 0 Å². The van der Waals surface area contributed by atoms with Gasteiger partial charge in [-0.3, -0.25) is 9.48 Å². The molecule has 0 fully saturated rings. The van der Waals surface area contributed by atoms with Crippen molar-refractivity contribution in [1.82, 2.24) is 9.78 Å². The summed E-state index contributed by atoms with van der Waals surface area (Å²) in [6.07, 6.45) is 5.07. The van der Waals surface area contributed by atoms with Gasteiger partial charge in [-0.1, -0.05) is 18.2 Å². The largest absolute Gasteiger partial charge is 0.457 e. The Morgan fingerprint density at radius 1 is 1.29 bits per heavy atom. The van der Waals surface area contributed by atoms with E-state index >= 15 is 0 Å². The summed E-state index contributed by atoms with van der Waals surface area (Å²) < 4.78 is 7.31. The van der Waals surface area contributed by atoms with E-state index in [0.717, 1.165) is 11.3 Å². The predicted octanol–water partition coefficient (Wildman–Crippen LogP) is 3.54. The van der Waals surface area contributed by atoms with E-state index in [-0.39, 0.29) is 5.91 Å². The third-order valence-corrected chi connectivity index (χ3v) is 3.63. The van der Waals surface area contributed by atoms with Gasteiger partial charge in [-0.25, -0.2) is 0 Å². The molecular weight excluding hydrogens is 334 g/mol. The van der Waals surface area contributed by atoms with Crippen LogP contribution in [0.3, 0.4) is 0 Å². The molecule has 0 atom stereocenters. The van der Waals surface area contributed by atoms with Crippen molar-refractivity contribution in [1.29, 1.82) is 0 Å². The van der Waals surface area contributed by atoms with Crippen LogP contribution < -0.4 is 5.32 Å². The molecule has 1 aromatic carbocycles. The molecule has 0 aliphatic rings. The zero-order valence-corrected chi connectivity index (χ0v) is 12.6. The first-order valence-corrected chi connectivity index (χ1v) is 7.13. The lowest BCUT2D eigenvalue weighted by Gasteiger charge is -2.10. The third-order valence-electron chi connectivity index (χ3n) is 3.02. The number of nitrogens with one attached hydrogen (secondary N) is 1. The van der Waals surface area contributed by atoms with Crippen LogP contribution in [0.4, 0.5) is 5.69 Å². The number of nitrogens with zero attached hydrogens (tertiary/aromatic N) is 2. The Bertz CT molecular complexity index is 750. The standard InChI is InChI=1S/C15H12BrN3O2/c16-14-12(6-9-21-14)15(20)18-13-5-2-1-4-11(13)10-19-8-3-7-17-19/h1-9H,10H2,(H,18,20). The summed E-state index contributed by atoms with van der Waals surface area (Å²) >= 11 is 3.21. The Morgan fingerprint density at radius 3 is 2.86 bits per heavy atom. The van der Waals surface area contributed by atoms with Gasteiger partial charge in [0.1, 0.15) is 0 Å². The second-order valence-electron chi connectivity index (χ2n) is 4.42. The number of carbonyl (C=O) groups is 1. The highest BCUT2D eigenvalue weighted by atomic mass is 79.9. The van der Waals surface area contributed by atoms with Gasteiger partial charge < -0.3 is 9.73 Å². The first kappa shape index (κ1) is 13.6. The molecule has 3 rings (SSSR count). The minimum Gasteiger partial charge on any atom is -0.457 e. The second kappa shape index (κ2) is 5.97. The number of hydrogen-bond donors (Lipinski definition) is 1. The van der Waals surface area contributed by atoms with Crippen molar-refractivity contribution >= 4 is 27.5 Å². The van der Waals surface area contributed by atoms with Crippen molar-refractivity contribution in [2.45, 2.75) is 6.54 Å². The molecule has 0 aliphatic heterocycles. The third kappa shape index (κ3) is 3.05. The fourth-order valence-electron chi connectivity index (χ4n) is 1.99. The number of aromatic nitrogens is 2. The van der Waals surface area contributed by atoms with Gasteiger partial charge in [-0.2, -0.15) is 5.10 Å². The van der Waals surface area contributed by atoms with E-state index < -0.39 is 0 Å². The number of anilines is 1. The number of amides is 1. The van der Waals surface area contributed by atoms with Crippen molar-refractivity contribution in [3.63, 3.8) is 0 Å². The molecule has 6 heteroatoms. The highest BCUT2D eigenvalue weighted by Crippen LogP contribution is 2.21. The van der Waals surface area contributed by atoms with E-state index in [1.807, 2.05) is 36.5 Å². The molecule has 0 spiro atoms. The van der Waals surface area contributed by atoms with Crippen LogP contribution in [0, 0.1) is 0 Å². The smallest absolute Gasteiger partial charge is 0.260 e. The summed E-state index contributed by atoms with van der Waals surface area (Å²) in [6.45, 7) is 0.593. The van der Waals surface area contributed by atoms with Crippen LogP contribution in [0.2, 0.25) is 0 Å². The molecule has 3 aromatic rings. The zero-order valence-electron chi connectivity index (χ0n) is 11.0. The van der Waals surface area contributed by atoms with E-state index in [9.17, 15) is 4.79 Å². The monoisotopic (exact) mass is 345 g/mol. The Balaban J connectivity index is 1.82. The molecule has 21 heavy (non-hydrogen) atoms. The van der Waals surface area contributed by atoms with Crippen molar-refractivity contribution in [2.24, 2.45) is 0 Å². The van der Waals surface area contributed by atoms with Crippen molar-refractivity contribution < 1.29 is 9.21 Å². The summed E-state index contributed by atoms with van der Waals surface area (Å²) in [5.41, 5.74) is 2.20. The van der Waals surface area contributed by atoms with Gasteiger partial charge in [-0.05, 0) is 39.7 Å². The number of carbonyl (C=O) groups excluding carboxylic acids is 1.